The molecule has 1 unspecified atom stereocenters. The van der Waals surface area contributed by atoms with Gasteiger partial charge in [0, 0.05) is 38.4 Å². The van der Waals surface area contributed by atoms with Gasteiger partial charge in [-0.05, 0) is 30.7 Å². The summed E-state index contributed by atoms with van der Waals surface area (Å²) >= 11 is 0. The Labute approximate surface area is 137 Å². The predicted molar refractivity (Wildman–Crippen MR) is 92.6 cm³/mol. The summed E-state index contributed by atoms with van der Waals surface area (Å²) < 4.78 is 5.82. The van der Waals surface area contributed by atoms with Crippen LogP contribution in [-0.4, -0.2) is 36.7 Å². The van der Waals surface area contributed by atoms with Gasteiger partial charge >= 0.3 is 0 Å². The maximum absolute atomic E-state index is 5.82. The average molecular weight is 310 g/mol. The molecule has 0 spiro atoms. The highest BCUT2D eigenvalue weighted by atomic mass is 16.5. The number of ether oxygens (including phenoxy) is 1. The van der Waals surface area contributed by atoms with Crippen LogP contribution >= 0.6 is 0 Å². The molecule has 1 aromatic carbocycles. The summed E-state index contributed by atoms with van der Waals surface area (Å²) in [5.74, 6) is 1.68. The number of hydrogen-bond donors (Lipinski definition) is 1. The standard InChI is InChI=1S/C18H22N4O/c1-13(15-10-14-6-4-5-7-17(14)23-12-15)20-11-16-8-9-19-18(21-16)22(2)3/h4-10,13,20H,11-12H2,1-3H3. The summed E-state index contributed by atoms with van der Waals surface area (Å²) in [5.41, 5.74) is 3.36. The summed E-state index contributed by atoms with van der Waals surface area (Å²) in [6.45, 7) is 3.47. The van der Waals surface area contributed by atoms with Crippen molar-refractivity contribution in [3.63, 3.8) is 0 Å². The molecule has 3 rings (SSSR count). The first-order valence-corrected chi connectivity index (χ1v) is 7.78. The Hall–Kier alpha value is -2.40. The van der Waals surface area contributed by atoms with Gasteiger partial charge in [0.2, 0.25) is 5.95 Å². The smallest absolute Gasteiger partial charge is 0.225 e. The molecule has 120 valence electrons. The molecule has 0 bridgehead atoms. The highest BCUT2D eigenvalue weighted by Gasteiger charge is 2.15. The third-order valence-electron chi connectivity index (χ3n) is 3.90. The highest BCUT2D eigenvalue weighted by molar-refractivity contribution is 5.62. The molecule has 0 fully saturated rings. The van der Waals surface area contributed by atoms with Gasteiger partial charge in [0.25, 0.3) is 0 Å². The second-order valence-electron chi connectivity index (χ2n) is 5.89. The molecule has 0 saturated heterocycles. The van der Waals surface area contributed by atoms with E-state index in [0.717, 1.165) is 23.0 Å². The minimum absolute atomic E-state index is 0.223. The van der Waals surface area contributed by atoms with Gasteiger partial charge in [0.05, 0.1) is 5.69 Å². The molecule has 5 heteroatoms. The quantitative estimate of drug-likeness (QED) is 0.919. The van der Waals surface area contributed by atoms with Gasteiger partial charge in [-0.15, -0.1) is 0 Å². The number of nitrogens with zero attached hydrogens (tertiary/aromatic N) is 3. The minimum atomic E-state index is 0.223. The van der Waals surface area contributed by atoms with Crippen molar-refractivity contribution in [1.29, 1.82) is 0 Å². The minimum Gasteiger partial charge on any atom is -0.489 e. The van der Waals surface area contributed by atoms with Crippen molar-refractivity contribution in [2.75, 3.05) is 25.6 Å². The third-order valence-corrected chi connectivity index (χ3v) is 3.90. The van der Waals surface area contributed by atoms with E-state index in [4.69, 9.17) is 4.74 Å². The van der Waals surface area contributed by atoms with E-state index in [1.165, 1.54) is 5.57 Å². The normalized spacial score (nSPS) is 14.5. The Balaban J connectivity index is 1.65. The first-order chi connectivity index (χ1) is 11.1. The van der Waals surface area contributed by atoms with Crippen LogP contribution in [0.2, 0.25) is 0 Å². The van der Waals surface area contributed by atoms with Gasteiger partial charge in [-0.25, -0.2) is 9.97 Å². The van der Waals surface area contributed by atoms with E-state index in [1.807, 2.05) is 43.3 Å². The van der Waals surface area contributed by atoms with Crippen LogP contribution in [0.3, 0.4) is 0 Å². The number of fused-ring (bicyclic) bond motifs is 1. The molecular formula is C18H22N4O. The molecule has 0 aliphatic carbocycles. The number of hydrogen-bond acceptors (Lipinski definition) is 5. The zero-order valence-corrected chi connectivity index (χ0v) is 13.8. The lowest BCUT2D eigenvalue weighted by Crippen LogP contribution is -2.31. The number of nitrogens with one attached hydrogen (secondary N) is 1. The Morgan fingerprint density at radius 2 is 2.09 bits per heavy atom. The fraction of sp³-hybridized carbons (Fsp3) is 0.333. The lowest BCUT2D eigenvalue weighted by molar-refractivity contribution is 0.334. The second-order valence-corrected chi connectivity index (χ2v) is 5.89. The van der Waals surface area contributed by atoms with Crippen molar-refractivity contribution < 1.29 is 4.74 Å². The first-order valence-electron chi connectivity index (χ1n) is 7.78. The molecule has 1 aliphatic heterocycles. The van der Waals surface area contributed by atoms with Crippen molar-refractivity contribution in [2.24, 2.45) is 0 Å². The van der Waals surface area contributed by atoms with Crippen LogP contribution in [0.1, 0.15) is 18.2 Å². The number of aromatic nitrogens is 2. The van der Waals surface area contributed by atoms with E-state index in [0.29, 0.717) is 13.2 Å². The number of benzene rings is 1. The zero-order chi connectivity index (χ0) is 16.2. The predicted octanol–water partition coefficient (Wildman–Crippen LogP) is 2.50. The zero-order valence-electron chi connectivity index (χ0n) is 13.8. The van der Waals surface area contributed by atoms with Crippen LogP contribution in [0, 0.1) is 0 Å². The lowest BCUT2D eigenvalue weighted by Gasteiger charge is -2.23. The molecular weight excluding hydrogens is 288 g/mol. The van der Waals surface area contributed by atoms with Gasteiger partial charge in [-0.2, -0.15) is 0 Å². The van der Waals surface area contributed by atoms with Crippen molar-refractivity contribution in [3.05, 3.63) is 53.4 Å². The lowest BCUT2D eigenvalue weighted by atomic mass is 10.0. The van der Waals surface area contributed by atoms with Gasteiger partial charge in [-0.1, -0.05) is 18.2 Å². The highest BCUT2D eigenvalue weighted by Crippen LogP contribution is 2.26. The molecule has 1 aromatic heterocycles. The Bertz CT molecular complexity index is 712. The summed E-state index contributed by atoms with van der Waals surface area (Å²) in [5, 5.41) is 3.51. The van der Waals surface area contributed by atoms with Crippen LogP contribution in [0.25, 0.3) is 6.08 Å². The summed E-state index contributed by atoms with van der Waals surface area (Å²) in [4.78, 5) is 10.7. The summed E-state index contributed by atoms with van der Waals surface area (Å²) in [6, 6.07) is 10.3. The van der Waals surface area contributed by atoms with Crippen LogP contribution < -0.4 is 15.0 Å². The van der Waals surface area contributed by atoms with Crippen molar-refractivity contribution >= 4 is 12.0 Å². The molecule has 0 saturated carbocycles. The molecule has 1 aliphatic rings. The third kappa shape index (κ3) is 3.68. The summed E-state index contributed by atoms with van der Waals surface area (Å²) in [7, 11) is 3.88. The van der Waals surface area contributed by atoms with Crippen molar-refractivity contribution in [1.82, 2.24) is 15.3 Å². The van der Waals surface area contributed by atoms with Gasteiger partial charge in [-0.3, -0.25) is 0 Å². The van der Waals surface area contributed by atoms with E-state index in [2.05, 4.69) is 34.4 Å². The second kappa shape index (κ2) is 6.79. The molecule has 0 amide bonds. The van der Waals surface area contributed by atoms with Gasteiger partial charge < -0.3 is 15.0 Å². The van der Waals surface area contributed by atoms with Gasteiger partial charge in [0.15, 0.2) is 0 Å². The fourth-order valence-electron chi connectivity index (χ4n) is 2.47. The molecule has 5 nitrogen and oxygen atoms in total. The molecule has 23 heavy (non-hydrogen) atoms. The first kappa shape index (κ1) is 15.5. The van der Waals surface area contributed by atoms with Crippen molar-refractivity contribution in [3.8, 4) is 5.75 Å². The van der Waals surface area contributed by atoms with E-state index >= 15 is 0 Å². The summed E-state index contributed by atoms with van der Waals surface area (Å²) in [6.07, 6.45) is 4.00. The molecule has 1 atom stereocenters. The van der Waals surface area contributed by atoms with E-state index < -0.39 is 0 Å². The van der Waals surface area contributed by atoms with E-state index in [9.17, 15) is 0 Å². The number of para-hydroxylation sites is 1. The van der Waals surface area contributed by atoms with Crippen LogP contribution in [-0.2, 0) is 6.54 Å². The Kier molecular flexibility index (Phi) is 4.57. The SMILES string of the molecule is CC(NCc1ccnc(N(C)C)n1)C1=Cc2ccccc2OC1. The Morgan fingerprint density at radius 3 is 2.91 bits per heavy atom. The average Bonchev–Trinajstić information content (AvgIpc) is 2.59. The van der Waals surface area contributed by atoms with Crippen molar-refractivity contribution in [2.45, 2.75) is 19.5 Å². The van der Waals surface area contributed by atoms with E-state index in [-0.39, 0.29) is 6.04 Å². The van der Waals surface area contributed by atoms with Crippen LogP contribution in [0.5, 0.6) is 5.75 Å². The molecule has 2 heterocycles. The van der Waals surface area contributed by atoms with E-state index in [1.54, 1.807) is 6.20 Å². The van der Waals surface area contributed by atoms with Crippen LogP contribution in [0.4, 0.5) is 5.95 Å². The number of rotatable bonds is 5. The molecule has 0 radical (unpaired) electrons. The van der Waals surface area contributed by atoms with Crippen LogP contribution in [0.15, 0.2) is 42.1 Å². The Morgan fingerprint density at radius 1 is 1.26 bits per heavy atom. The largest absolute Gasteiger partial charge is 0.489 e. The molecule has 1 N–H and O–H groups in total. The monoisotopic (exact) mass is 310 g/mol. The topological polar surface area (TPSA) is 50.3 Å². The molecule has 2 aromatic rings. The maximum atomic E-state index is 5.82. The number of anilines is 1. The van der Waals surface area contributed by atoms with Gasteiger partial charge in [0.1, 0.15) is 12.4 Å². The maximum Gasteiger partial charge on any atom is 0.225 e. The fourth-order valence-corrected chi connectivity index (χ4v) is 2.47.